The Morgan fingerprint density at radius 2 is 2.15 bits per heavy atom. The Bertz CT molecular complexity index is 392. The van der Waals surface area contributed by atoms with Crippen molar-refractivity contribution in [3.63, 3.8) is 0 Å². The molecule has 3 heteroatoms. The van der Waals surface area contributed by atoms with Gasteiger partial charge in [0.2, 0.25) is 0 Å². The summed E-state index contributed by atoms with van der Waals surface area (Å²) in [4.78, 5) is 14.4. The molecule has 13 heavy (non-hydrogen) atoms. The Morgan fingerprint density at radius 1 is 1.38 bits per heavy atom. The van der Waals surface area contributed by atoms with Gasteiger partial charge >= 0.3 is 0 Å². The first-order valence-electron chi connectivity index (χ1n) is 4.28. The van der Waals surface area contributed by atoms with E-state index in [2.05, 4.69) is 4.98 Å². The van der Waals surface area contributed by atoms with Crippen molar-refractivity contribution < 1.29 is 4.79 Å². The number of hydrogen-bond acceptors (Lipinski definition) is 2. The number of hydrogen-bond donors (Lipinski definition) is 0. The molecule has 68 valence electrons. The van der Waals surface area contributed by atoms with Crippen LogP contribution >= 0.6 is 0 Å². The van der Waals surface area contributed by atoms with E-state index in [0.29, 0.717) is 5.56 Å². The fourth-order valence-corrected chi connectivity index (χ4v) is 0.999. The van der Waals surface area contributed by atoms with E-state index < -0.39 is 0 Å². The molecule has 0 amide bonds. The maximum absolute atomic E-state index is 10.3. The Labute approximate surface area is 77.0 Å². The molecule has 0 aliphatic carbocycles. The van der Waals surface area contributed by atoms with Crippen molar-refractivity contribution in [2.24, 2.45) is 0 Å². The van der Waals surface area contributed by atoms with Crippen molar-refractivity contribution in [3.8, 4) is 0 Å². The van der Waals surface area contributed by atoms with E-state index in [0.717, 1.165) is 11.9 Å². The Kier molecular flexibility index (Phi) is 3.20. The highest BCUT2D eigenvalue weighted by molar-refractivity contribution is 5.76. The third-order valence-electron chi connectivity index (χ3n) is 1.56. The predicted octanol–water partition coefficient (Wildman–Crippen LogP) is 2.17. The molecule has 0 spiro atoms. The van der Waals surface area contributed by atoms with Gasteiger partial charge in [-0.3, -0.25) is 4.79 Å². The summed E-state index contributed by atoms with van der Waals surface area (Å²) < 4.78 is 1.85. The van der Waals surface area contributed by atoms with Gasteiger partial charge in [-0.2, -0.15) is 0 Å². The van der Waals surface area contributed by atoms with Crippen molar-refractivity contribution in [1.82, 2.24) is 9.38 Å². The fourth-order valence-electron chi connectivity index (χ4n) is 0.999. The van der Waals surface area contributed by atoms with E-state index in [1.54, 1.807) is 18.3 Å². The molecular formula is C10H12N2O. The standard InChI is InChI=1S/C8H6N2O.C2H6/c11-6-7-1-3-10-4-2-9-8(10)5-7;1-2/h1-6H;1-2H3. The van der Waals surface area contributed by atoms with Gasteiger partial charge in [0.05, 0.1) is 0 Å². The first-order chi connectivity index (χ1) is 6.40. The minimum absolute atomic E-state index is 0.656. The molecule has 0 fully saturated rings. The lowest BCUT2D eigenvalue weighted by Gasteiger charge is -1.91. The lowest BCUT2D eigenvalue weighted by atomic mass is 10.3. The van der Waals surface area contributed by atoms with Crippen molar-refractivity contribution in [2.75, 3.05) is 0 Å². The average molecular weight is 176 g/mol. The summed E-state index contributed by atoms with van der Waals surface area (Å²) in [6.07, 6.45) is 6.16. The molecule has 0 aliphatic rings. The topological polar surface area (TPSA) is 34.4 Å². The second-order valence-corrected chi connectivity index (χ2v) is 2.27. The summed E-state index contributed by atoms with van der Waals surface area (Å²) in [5, 5.41) is 0. The molecule has 0 bridgehead atoms. The first kappa shape index (κ1) is 9.45. The molecule has 2 aromatic rings. The minimum atomic E-state index is 0.656. The lowest BCUT2D eigenvalue weighted by Crippen LogP contribution is -1.85. The third kappa shape index (κ3) is 1.93. The Hall–Kier alpha value is -1.64. The van der Waals surface area contributed by atoms with Crippen LogP contribution in [0.1, 0.15) is 24.2 Å². The second-order valence-electron chi connectivity index (χ2n) is 2.27. The molecule has 3 nitrogen and oxygen atoms in total. The van der Waals surface area contributed by atoms with Gasteiger partial charge in [0, 0.05) is 24.2 Å². The summed E-state index contributed by atoms with van der Waals surface area (Å²) in [6, 6.07) is 3.49. The van der Waals surface area contributed by atoms with Gasteiger partial charge < -0.3 is 4.40 Å². The summed E-state index contributed by atoms with van der Waals surface area (Å²) in [5.74, 6) is 0. The molecular weight excluding hydrogens is 164 g/mol. The van der Waals surface area contributed by atoms with E-state index in [9.17, 15) is 4.79 Å². The fraction of sp³-hybridized carbons (Fsp3) is 0.200. The summed E-state index contributed by atoms with van der Waals surface area (Å²) >= 11 is 0. The Balaban J connectivity index is 0.000000396. The van der Waals surface area contributed by atoms with Gasteiger partial charge in [-0.05, 0) is 12.1 Å². The largest absolute Gasteiger partial charge is 0.307 e. The third-order valence-corrected chi connectivity index (χ3v) is 1.56. The van der Waals surface area contributed by atoms with E-state index >= 15 is 0 Å². The van der Waals surface area contributed by atoms with Crippen LogP contribution in [-0.4, -0.2) is 15.7 Å². The molecule has 0 saturated carbocycles. The Morgan fingerprint density at radius 3 is 2.85 bits per heavy atom. The van der Waals surface area contributed by atoms with Gasteiger partial charge in [0.15, 0.2) is 0 Å². The average Bonchev–Trinajstić information content (AvgIpc) is 2.67. The van der Waals surface area contributed by atoms with E-state index in [1.807, 2.05) is 30.6 Å². The van der Waals surface area contributed by atoms with Gasteiger partial charge in [0.1, 0.15) is 11.9 Å². The number of aldehydes is 1. The minimum Gasteiger partial charge on any atom is -0.307 e. The highest BCUT2D eigenvalue weighted by atomic mass is 16.1. The van der Waals surface area contributed by atoms with Crippen LogP contribution in [0.4, 0.5) is 0 Å². The van der Waals surface area contributed by atoms with Crippen LogP contribution in [0.2, 0.25) is 0 Å². The second kappa shape index (κ2) is 4.40. The molecule has 0 radical (unpaired) electrons. The first-order valence-corrected chi connectivity index (χ1v) is 4.28. The molecule has 0 saturated heterocycles. The number of pyridine rings is 1. The normalized spacial score (nSPS) is 9.08. The van der Waals surface area contributed by atoms with Gasteiger partial charge in [-0.1, -0.05) is 13.8 Å². The molecule has 0 aromatic carbocycles. The van der Waals surface area contributed by atoms with Crippen LogP contribution in [0.3, 0.4) is 0 Å². The molecule has 0 atom stereocenters. The SMILES string of the molecule is CC.O=Cc1ccn2ccnc2c1. The summed E-state index contributed by atoms with van der Waals surface area (Å²) in [7, 11) is 0. The van der Waals surface area contributed by atoms with E-state index in [-0.39, 0.29) is 0 Å². The van der Waals surface area contributed by atoms with Crippen molar-refractivity contribution in [1.29, 1.82) is 0 Å². The van der Waals surface area contributed by atoms with Crippen LogP contribution < -0.4 is 0 Å². The lowest BCUT2D eigenvalue weighted by molar-refractivity contribution is 0.112. The smallest absolute Gasteiger partial charge is 0.150 e. The zero-order valence-corrected chi connectivity index (χ0v) is 7.77. The van der Waals surface area contributed by atoms with Crippen LogP contribution in [0.15, 0.2) is 30.7 Å². The van der Waals surface area contributed by atoms with Gasteiger partial charge in [0.25, 0.3) is 0 Å². The summed E-state index contributed by atoms with van der Waals surface area (Å²) in [5.41, 5.74) is 1.46. The predicted molar refractivity (Wildman–Crippen MR) is 51.9 cm³/mol. The molecule has 2 aromatic heterocycles. The highest BCUT2D eigenvalue weighted by Crippen LogP contribution is 2.02. The van der Waals surface area contributed by atoms with Gasteiger partial charge in [-0.25, -0.2) is 4.98 Å². The number of imidazole rings is 1. The number of aromatic nitrogens is 2. The zero-order valence-electron chi connectivity index (χ0n) is 7.77. The van der Waals surface area contributed by atoms with E-state index in [4.69, 9.17) is 0 Å². The molecule has 2 rings (SSSR count). The van der Waals surface area contributed by atoms with E-state index in [1.165, 1.54) is 0 Å². The molecule has 2 heterocycles. The number of fused-ring (bicyclic) bond motifs is 1. The highest BCUT2D eigenvalue weighted by Gasteiger charge is 1.93. The van der Waals surface area contributed by atoms with Crippen molar-refractivity contribution in [2.45, 2.75) is 13.8 Å². The monoisotopic (exact) mass is 176 g/mol. The maximum atomic E-state index is 10.3. The van der Waals surface area contributed by atoms with Gasteiger partial charge in [-0.15, -0.1) is 0 Å². The molecule has 0 aliphatic heterocycles. The van der Waals surface area contributed by atoms with Crippen LogP contribution in [-0.2, 0) is 0 Å². The quantitative estimate of drug-likeness (QED) is 0.624. The van der Waals surface area contributed by atoms with Crippen LogP contribution in [0, 0.1) is 0 Å². The number of nitrogens with zero attached hydrogens (tertiary/aromatic N) is 2. The summed E-state index contributed by atoms with van der Waals surface area (Å²) in [6.45, 7) is 4.00. The maximum Gasteiger partial charge on any atom is 0.150 e. The van der Waals surface area contributed by atoms with Crippen molar-refractivity contribution in [3.05, 3.63) is 36.3 Å². The van der Waals surface area contributed by atoms with Crippen molar-refractivity contribution >= 4 is 11.9 Å². The number of carbonyl (C=O) groups is 1. The molecule has 0 N–H and O–H groups in total. The van der Waals surface area contributed by atoms with Crippen LogP contribution in [0.25, 0.3) is 5.65 Å². The van der Waals surface area contributed by atoms with Crippen LogP contribution in [0.5, 0.6) is 0 Å². The number of carbonyl (C=O) groups excluding carboxylic acids is 1. The number of rotatable bonds is 1. The molecule has 0 unspecified atom stereocenters. The zero-order chi connectivity index (χ0) is 9.68.